The van der Waals surface area contributed by atoms with Gasteiger partial charge < -0.3 is 4.55 Å². The second kappa shape index (κ2) is 4.90. The maximum absolute atomic E-state index is 10.7. The Hall–Kier alpha value is -0.670. The van der Waals surface area contributed by atoms with Crippen LogP contribution in [0.15, 0.2) is 10.9 Å². The number of hydrogen-bond acceptors (Lipinski definition) is 4. The van der Waals surface area contributed by atoms with E-state index in [4.69, 9.17) is 13.0 Å². The number of nitrogens with zero attached hydrogens (tertiary/aromatic N) is 1. The van der Waals surface area contributed by atoms with E-state index < -0.39 is 15.6 Å². The predicted octanol–water partition coefficient (Wildman–Crippen LogP) is 0.932. The van der Waals surface area contributed by atoms with E-state index in [1.807, 2.05) is 7.05 Å². The Morgan fingerprint density at radius 3 is 1.93 bits per heavy atom. The second-order valence-electron chi connectivity index (χ2n) is 2.51. The summed E-state index contributed by atoms with van der Waals surface area (Å²) in [6.07, 6.45) is 0. The molecule has 1 rings (SSSR count). The Morgan fingerprint density at radius 2 is 1.87 bits per heavy atom. The molecule has 0 amide bonds. The summed E-state index contributed by atoms with van der Waals surface area (Å²) in [4.78, 5) is 0. The van der Waals surface area contributed by atoms with Crippen molar-refractivity contribution in [2.45, 2.75) is 12.4 Å². The quantitative estimate of drug-likeness (QED) is 0.397. The van der Waals surface area contributed by atoms with Crippen molar-refractivity contribution in [1.29, 1.82) is 0 Å². The summed E-state index contributed by atoms with van der Waals surface area (Å²) in [5, 5.41) is 2.12. The molecule has 0 aromatic carbocycles. The molecule has 0 N–H and O–H groups in total. The Morgan fingerprint density at radius 1 is 1.47 bits per heavy atom. The van der Waals surface area contributed by atoms with Crippen molar-refractivity contribution in [3.05, 3.63) is 16.6 Å². The van der Waals surface area contributed by atoms with E-state index in [2.05, 4.69) is 22.4 Å². The molecule has 0 aliphatic rings. The Kier molecular flexibility index (Phi) is 4.68. The molecule has 9 heteroatoms. The lowest BCUT2D eigenvalue weighted by Gasteiger charge is -2.08. The van der Waals surface area contributed by atoms with Crippen molar-refractivity contribution in [3.63, 3.8) is 0 Å². The molecule has 1 aromatic rings. The van der Waals surface area contributed by atoms with Crippen LogP contribution in [0.4, 0.5) is 13.2 Å². The molecule has 0 atom stereocenters. The van der Waals surface area contributed by atoms with Crippen molar-refractivity contribution in [1.82, 2.24) is 0 Å². The lowest BCUT2D eigenvalue weighted by Crippen LogP contribution is -2.27. The van der Waals surface area contributed by atoms with Gasteiger partial charge in [-0.25, -0.2) is 8.42 Å². The van der Waals surface area contributed by atoms with Gasteiger partial charge in [0.2, 0.25) is 5.51 Å². The van der Waals surface area contributed by atoms with Crippen molar-refractivity contribution in [2.24, 2.45) is 7.05 Å². The average molecular weight is 263 g/mol. The number of rotatable bonds is 0. The number of aryl methyl sites for hydroxylation is 2. The van der Waals surface area contributed by atoms with Crippen LogP contribution in [0.2, 0.25) is 0 Å². The van der Waals surface area contributed by atoms with Crippen molar-refractivity contribution < 1.29 is 30.7 Å². The molecule has 0 saturated carbocycles. The van der Waals surface area contributed by atoms with E-state index in [1.165, 1.54) is 5.69 Å². The van der Waals surface area contributed by atoms with Gasteiger partial charge in [-0.3, -0.25) is 0 Å². The monoisotopic (exact) mass is 263 g/mol. The van der Waals surface area contributed by atoms with Crippen molar-refractivity contribution in [3.8, 4) is 0 Å². The van der Waals surface area contributed by atoms with Crippen LogP contribution in [-0.4, -0.2) is 18.5 Å². The lowest BCUT2D eigenvalue weighted by molar-refractivity contribution is -0.672. The minimum Gasteiger partial charge on any atom is -0.741 e. The minimum atomic E-state index is -6.09. The SMILES string of the molecule is Cc1csc[n+]1C.O=S(=O)([O-])C(F)(F)F. The zero-order chi connectivity index (χ0) is 12.3. The van der Waals surface area contributed by atoms with E-state index in [9.17, 15) is 13.2 Å². The maximum atomic E-state index is 10.7. The van der Waals surface area contributed by atoms with E-state index >= 15 is 0 Å². The van der Waals surface area contributed by atoms with Crippen LogP contribution in [0, 0.1) is 6.92 Å². The fourth-order valence-electron chi connectivity index (χ4n) is 0.386. The van der Waals surface area contributed by atoms with Gasteiger partial charge in [0, 0.05) is 6.92 Å². The summed E-state index contributed by atoms with van der Waals surface area (Å²) in [7, 11) is -4.04. The molecule has 4 nitrogen and oxygen atoms in total. The number of hydrogen-bond donors (Lipinski definition) is 0. The summed E-state index contributed by atoms with van der Waals surface area (Å²) >= 11 is 1.73. The van der Waals surface area contributed by atoms with Gasteiger partial charge in [-0.15, -0.1) is 0 Å². The smallest absolute Gasteiger partial charge is 0.485 e. The lowest BCUT2D eigenvalue weighted by atomic mass is 10.6. The standard InChI is InChI=1S/C5H8NS.CHF3O3S/c1-5-3-7-4-6(5)2;2-1(3,4)8(5,6)7/h3-4H,1-2H3;(H,5,6,7)/q+1;/p-1. The van der Waals surface area contributed by atoms with Crippen LogP contribution < -0.4 is 4.57 Å². The van der Waals surface area contributed by atoms with Crippen LogP contribution in [-0.2, 0) is 17.2 Å². The van der Waals surface area contributed by atoms with Crippen LogP contribution in [0.3, 0.4) is 0 Å². The Labute approximate surface area is 88.7 Å². The van der Waals surface area contributed by atoms with E-state index in [1.54, 1.807) is 11.3 Å². The highest BCUT2D eigenvalue weighted by molar-refractivity contribution is 7.86. The third kappa shape index (κ3) is 5.09. The van der Waals surface area contributed by atoms with Crippen molar-refractivity contribution >= 4 is 21.5 Å². The Balaban J connectivity index is 0.000000262. The van der Waals surface area contributed by atoms with Crippen LogP contribution in [0.25, 0.3) is 0 Å². The molecule has 88 valence electrons. The largest absolute Gasteiger partial charge is 0.741 e. The van der Waals surface area contributed by atoms with Gasteiger partial charge in [-0.05, 0) is 0 Å². The predicted molar refractivity (Wildman–Crippen MR) is 46.0 cm³/mol. The molecule has 0 aliphatic carbocycles. The number of aromatic nitrogens is 1. The Bertz CT molecular complexity index is 393. The summed E-state index contributed by atoms with van der Waals surface area (Å²) in [6, 6.07) is 0. The van der Waals surface area contributed by atoms with Crippen LogP contribution in [0.1, 0.15) is 5.69 Å². The number of halogens is 3. The van der Waals surface area contributed by atoms with Gasteiger partial charge >= 0.3 is 5.51 Å². The molecule has 1 heterocycles. The first-order valence-corrected chi connectivity index (χ1v) is 5.81. The zero-order valence-corrected chi connectivity index (χ0v) is 9.41. The van der Waals surface area contributed by atoms with Gasteiger partial charge in [0.25, 0.3) is 0 Å². The fourth-order valence-corrected chi connectivity index (χ4v) is 1.16. The zero-order valence-electron chi connectivity index (χ0n) is 7.78. The van der Waals surface area contributed by atoms with E-state index in [0.717, 1.165) is 0 Å². The molecule has 0 spiro atoms. The molecule has 0 bridgehead atoms. The van der Waals surface area contributed by atoms with Gasteiger partial charge in [0.05, 0.1) is 5.38 Å². The molecule has 0 radical (unpaired) electrons. The van der Waals surface area contributed by atoms with Crippen LogP contribution in [0.5, 0.6) is 0 Å². The second-order valence-corrected chi connectivity index (χ2v) is 4.60. The topological polar surface area (TPSA) is 61.1 Å². The average Bonchev–Trinajstić information content (AvgIpc) is 2.33. The molecule has 0 aliphatic heterocycles. The normalized spacial score (nSPS) is 11.9. The number of alkyl halides is 3. The summed E-state index contributed by atoms with van der Waals surface area (Å²) in [5.74, 6) is 0. The minimum absolute atomic E-state index is 1.32. The van der Waals surface area contributed by atoms with Gasteiger partial charge in [0.15, 0.2) is 15.8 Å². The first-order valence-electron chi connectivity index (χ1n) is 3.46. The molecule has 1 aromatic heterocycles. The highest BCUT2D eigenvalue weighted by atomic mass is 32.2. The molecule has 0 fully saturated rings. The fraction of sp³-hybridized carbons (Fsp3) is 0.500. The highest BCUT2D eigenvalue weighted by Crippen LogP contribution is 2.20. The van der Waals surface area contributed by atoms with E-state index in [-0.39, 0.29) is 0 Å². The third-order valence-corrected chi connectivity index (χ3v) is 2.78. The van der Waals surface area contributed by atoms with Crippen molar-refractivity contribution in [2.75, 3.05) is 0 Å². The first-order chi connectivity index (χ1) is 6.55. The summed E-state index contributed by atoms with van der Waals surface area (Å²) in [6.45, 7) is 2.09. The van der Waals surface area contributed by atoms with Gasteiger partial charge in [-0.1, -0.05) is 11.3 Å². The molecule has 0 unspecified atom stereocenters. The summed E-state index contributed by atoms with van der Waals surface area (Å²) in [5.41, 5.74) is -2.24. The summed E-state index contributed by atoms with van der Waals surface area (Å²) < 4.78 is 61.0. The molecular formula is C6H8F3NO3S2. The molecule has 0 saturated heterocycles. The van der Waals surface area contributed by atoms with E-state index in [0.29, 0.717) is 0 Å². The third-order valence-electron chi connectivity index (χ3n) is 1.30. The van der Waals surface area contributed by atoms with Crippen LogP contribution >= 0.6 is 11.3 Å². The van der Waals surface area contributed by atoms with Gasteiger partial charge in [0.1, 0.15) is 7.05 Å². The first kappa shape index (κ1) is 14.3. The molecular weight excluding hydrogens is 255 g/mol. The number of thiazole rings is 1. The molecule has 15 heavy (non-hydrogen) atoms. The maximum Gasteiger partial charge on any atom is 0.485 e. The highest BCUT2D eigenvalue weighted by Gasteiger charge is 2.36. The van der Waals surface area contributed by atoms with Gasteiger partial charge in [-0.2, -0.15) is 17.7 Å².